The van der Waals surface area contributed by atoms with Gasteiger partial charge in [-0.25, -0.2) is 27.4 Å². The molecular weight excluding hydrogens is 1000 g/mol. The Kier molecular flexibility index (Phi) is 110. The smallest absolute Gasteiger partial charge is 0.317 e. The van der Waals surface area contributed by atoms with E-state index < -0.39 is 0 Å². The summed E-state index contributed by atoms with van der Waals surface area (Å²) < 4.78 is 12.6. The van der Waals surface area contributed by atoms with E-state index >= 15 is 0 Å². The van der Waals surface area contributed by atoms with Gasteiger partial charge in [0.15, 0.2) is 31.3 Å². The van der Waals surface area contributed by atoms with Gasteiger partial charge in [-0.3, -0.25) is 0 Å². The second kappa shape index (κ2) is 81.8. The maximum Gasteiger partial charge on any atom is 0.317 e. The lowest BCUT2D eigenvalue weighted by Gasteiger charge is -1.97. The number of nitrogens with two attached hydrogens (primary N) is 2. The number of thiol groups is 1. The molecule has 0 saturated carbocycles. The Morgan fingerprint density at radius 2 is 0.696 bits per heavy atom. The van der Waals surface area contributed by atoms with Crippen LogP contribution in [0, 0.1) is 0 Å². The molecule has 0 spiro atoms. The largest absolute Gasteiger partial charge is 0.399 e. The van der Waals surface area contributed by atoms with E-state index in [0.29, 0.717) is 0 Å². The molecular formula is C69H140N8S2+4. The number of aromatic nitrogens is 6. The van der Waals surface area contributed by atoms with Gasteiger partial charge in [-0.15, -0.1) is 0 Å². The number of thioether (sulfide) groups is 1. The van der Waals surface area contributed by atoms with Gasteiger partial charge in [0.25, 0.3) is 0 Å². The Labute approximate surface area is 507 Å². The van der Waals surface area contributed by atoms with Gasteiger partial charge in [0.2, 0.25) is 0 Å². The van der Waals surface area contributed by atoms with E-state index in [0.717, 1.165) is 35.4 Å². The van der Waals surface area contributed by atoms with Gasteiger partial charge in [0, 0.05) is 42.1 Å². The lowest BCUT2D eigenvalue weighted by atomic mass is 10.2. The molecule has 0 saturated heterocycles. The van der Waals surface area contributed by atoms with Crippen molar-refractivity contribution in [1.29, 1.82) is 0 Å². The van der Waals surface area contributed by atoms with Crippen molar-refractivity contribution in [3.05, 3.63) is 169 Å². The third-order valence-corrected chi connectivity index (χ3v) is 10.3. The van der Waals surface area contributed by atoms with E-state index in [1.165, 1.54) is 46.7 Å². The molecule has 4 N–H and O–H groups in total. The van der Waals surface area contributed by atoms with Crippen LogP contribution in [-0.4, -0.2) is 14.9 Å². The number of anilines is 2. The third kappa shape index (κ3) is 75.0. The number of nitrogen functional groups attached to an aromatic ring is 2. The quantitative estimate of drug-likeness (QED) is 0.0511. The minimum Gasteiger partial charge on any atom is -0.399 e. The average Bonchev–Trinajstić information content (AvgIpc) is 3.88. The second-order valence-corrected chi connectivity index (χ2v) is 17.4. The van der Waals surface area contributed by atoms with Crippen molar-refractivity contribution in [1.82, 2.24) is 9.13 Å². The van der Waals surface area contributed by atoms with Crippen LogP contribution in [0.5, 0.6) is 0 Å². The Bertz CT molecular complexity index is 1890. The molecule has 4 aromatic heterocycles. The number of aryl methyl sites for hydroxylation is 6. The van der Waals surface area contributed by atoms with Crippen LogP contribution in [0.4, 0.5) is 11.4 Å². The van der Waals surface area contributed by atoms with Crippen molar-refractivity contribution in [2.24, 2.45) is 28.2 Å². The zero-order valence-corrected chi connectivity index (χ0v) is 53.5. The molecule has 2 aromatic carbocycles. The molecule has 6 rings (SSSR count). The Morgan fingerprint density at radius 3 is 0.886 bits per heavy atom. The number of rotatable bonds is 6. The number of allylic oxidation sites excluding steroid dienone is 4. The summed E-state index contributed by atoms with van der Waals surface area (Å²) >= 11 is 6.07. The minimum atomic E-state index is 0. The van der Waals surface area contributed by atoms with E-state index in [1.807, 2.05) is 176 Å². The molecule has 6 aromatic rings. The van der Waals surface area contributed by atoms with Crippen LogP contribution < -0.4 is 29.7 Å². The number of benzene rings is 2. The predicted molar refractivity (Wildman–Crippen MR) is 374 cm³/mol. The summed E-state index contributed by atoms with van der Waals surface area (Å²) in [6, 6.07) is 31.3. The maximum absolute atomic E-state index is 5.36. The van der Waals surface area contributed by atoms with E-state index in [9.17, 15) is 0 Å². The van der Waals surface area contributed by atoms with E-state index in [2.05, 4.69) is 196 Å². The van der Waals surface area contributed by atoms with Crippen molar-refractivity contribution in [2.45, 2.75) is 233 Å². The van der Waals surface area contributed by atoms with E-state index in [1.54, 1.807) is 0 Å². The molecule has 0 fully saturated rings. The summed E-state index contributed by atoms with van der Waals surface area (Å²) in [4.78, 5) is 0. The van der Waals surface area contributed by atoms with Gasteiger partial charge in [-0.1, -0.05) is 231 Å². The Morgan fingerprint density at radius 1 is 0.430 bits per heavy atom. The minimum absolute atomic E-state index is 0. The van der Waals surface area contributed by atoms with Crippen molar-refractivity contribution < 1.29 is 18.3 Å². The normalized spacial score (nSPS) is 7.72. The lowest BCUT2D eigenvalue weighted by molar-refractivity contribution is -0.709. The molecule has 0 aliphatic carbocycles. The van der Waals surface area contributed by atoms with Gasteiger partial charge < -0.3 is 11.5 Å². The Hall–Kier alpha value is -5.06. The van der Waals surface area contributed by atoms with Crippen LogP contribution in [0.1, 0.15) is 209 Å². The molecule has 0 aliphatic heterocycles. The molecule has 0 radical (unpaired) electrons. The number of imidazole rings is 2. The summed E-state index contributed by atoms with van der Waals surface area (Å²) in [6.07, 6.45) is 20.2. The summed E-state index contributed by atoms with van der Waals surface area (Å²) in [7, 11) is 8.08. The fraction of sp³-hybridized carbons (Fsp3) is 0.536. The van der Waals surface area contributed by atoms with Crippen LogP contribution in [0.25, 0.3) is 0 Å². The van der Waals surface area contributed by atoms with Gasteiger partial charge in [0.1, 0.15) is 31.3 Å². The first-order valence-electron chi connectivity index (χ1n) is 26.9. The van der Waals surface area contributed by atoms with Crippen molar-refractivity contribution in [3.63, 3.8) is 0 Å². The fourth-order valence-corrected chi connectivity index (χ4v) is 5.08. The SMILES string of the molecule is C.C.C.C.C.C.CC.CC.CC.CC.CC(C)=C(C)C.CC(C)=C(C)C.CCC.CCC.CCC[n+]1ccccc1.Cn1cc[n+](C)c1S.Cn1cc[n+](C)c1SCC[n+]1ccccc1.Nc1ccccc1.Nc1ccccc1. The highest BCUT2D eigenvalue weighted by Crippen LogP contribution is 2.11. The molecule has 0 aliphatic rings. The molecule has 79 heavy (non-hydrogen) atoms. The fourth-order valence-electron chi connectivity index (χ4n) is 3.94. The number of para-hydroxylation sites is 2. The van der Waals surface area contributed by atoms with Crippen LogP contribution in [-0.2, 0) is 41.3 Å². The van der Waals surface area contributed by atoms with Gasteiger partial charge >= 0.3 is 10.3 Å². The number of pyridine rings is 2. The van der Waals surface area contributed by atoms with Crippen LogP contribution >= 0.6 is 24.4 Å². The van der Waals surface area contributed by atoms with Gasteiger partial charge in [0.05, 0.1) is 33.9 Å². The monoisotopic (exact) mass is 1150 g/mol. The maximum atomic E-state index is 5.36. The standard InChI is InChI=1S/C12H17N3S.C8H12N.2C6H7N.2C6H12.C5H8N2S.2C3H8.4C2H6.6CH4/c1-13-8-9-14(2)12(13)16-11-10-15-6-4-3-5-7-15;1-2-6-9-7-4-3-5-8-9;2*7-6-4-2-1-3-5-6;2*1-5(2)6(3)4;1-6-3-4-7(2)5(6)8;2*1-3-2;4*1-2;;;;;;/h3-9H,10-11H2,1-2H3;3-5,7-8H,2,6H2,1H3;2*1-5H,7H2;2*1-4H3;3-4H,1-2H3;2*3H2,1-2H3;4*1-2H3;6*1H4/q+2;+1;;;;;;;;;;;;;;;;;/p+1. The molecule has 464 valence electrons. The Balaban J connectivity index is -0.0000000568. The molecule has 4 heterocycles. The average molecular weight is 1150 g/mol. The first-order valence-corrected chi connectivity index (χ1v) is 28.3. The topological polar surface area (TPSA) is 77.4 Å². The first kappa shape index (κ1) is 106. The zero-order chi connectivity index (χ0) is 58.0. The third-order valence-electron chi connectivity index (χ3n) is 8.48. The van der Waals surface area contributed by atoms with Crippen molar-refractivity contribution in [3.8, 4) is 0 Å². The predicted octanol–water partition coefficient (Wildman–Crippen LogP) is 20.5. The first-order chi connectivity index (χ1) is 34.8. The summed E-state index contributed by atoms with van der Waals surface area (Å²) in [5.41, 5.74) is 18.1. The van der Waals surface area contributed by atoms with E-state index in [4.69, 9.17) is 11.5 Å². The lowest BCUT2D eigenvalue weighted by Crippen LogP contribution is -2.34. The van der Waals surface area contributed by atoms with E-state index in [-0.39, 0.29) is 44.6 Å². The van der Waals surface area contributed by atoms with Gasteiger partial charge in [-0.05, 0) is 91.4 Å². The summed E-state index contributed by atoms with van der Waals surface area (Å²) in [5.74, 6) is 1.08. The van der Waals surface area contributed by atoms with Crippen molar-refractivity contribution in [2.75, 3.05) is 17.2 Å². The molecule has 0 unspecified atom stereocenters. The number of nitrogens with zero attached hydrogens (tertiary/aromatic N) is 6. The van der Waals surface area contributed by atoms with Crippen LogP contribution in [0.3, 0.4) is 0 Å². The zero-order valence-electron chi connectivity index (χ0n) is 51.8. The second-order valence-electron chi connectivity index (χ2n) is 15.9. The van der Waals surface area contributed by atoms with Crippen LogP contribution in [0.2, 0.25) is 0 Å². The highest BCUT2D eigenvalue weighted by atomic mass is 32.2. The van der Waals surface area contributed by atoms with Crippen LogP contribution in [0.15, 0.2) is 179 Å². The highest BCUT2D eigenvalue weighted by molar-refractivity contribution is 7.99. The molecule has 0 bridgehead atoms. The summed E-state index contributed by atoms with van der Waals surface area (Å²) in [5, 5.41) is 2.25. The molecule has 0 amide bonds. The molecule has 0 atom stereocenters. The number of hydrogen-bond acceptors (Lipinski definition) is 4. The molecule has 10 heteroatoms. The highest BCUT2D eigenvalue weighted by Gasteiger charge is 2.12. The number of hydrogen-bond donors (Lipinski definition) is 3. The van der Waals surface area contributed by atoms with Crippen molar-refractivity contribution >= 4 is 35.8 Å². The summed E-state index contributed by atoms with van der Waals surface area (Å²) in [6.45, 7) is 45.8. The molecule has 8 nitrogen and oxygen atoms in total. The van der Waals surface area contributed by atoms with Gasteiger partial charge in [-0.2, -0.15) is 0 Å².